The molecule has 0 saturated carbocycles. The fourth-order valence-corrected chi connectivity index (χ4v) is 2.99. The van der Waals surface area contributed by atoms with Crippen LogP contribution in [0.15, 0.2) is 53.4 Å². The molecule has 3 N–H and O–H groups in total. The number of carbonyl (C=O) groups excluding carboxylic acids is 1. The summed E-state index contributed by atoms with van der Waals surface area (Å²) in [6.45, 7) is 4.29. The monoisotopic (exact) mass is 451 g/mol. The Hall–Kier alpha value is -4.28. The highest BCUT2D eigenvalue weighted by atomic mass is 19.1. The number of aromatic nitrogens is 5. The van der Waals surface area contributed by atoms with Crippen molar-refractivity contribution in [1.82, 2.24) is 24.9 Å². The van der Waals surface area contributed by atoms with Crippen molar-refractivity contribution in [2.24, 2.45) is 5.92 Å². The van der Waals surface area contributed by atoms with E-state index in [0.29, 0.717) is 22.6 Å². The van der Waals surface area contributed by atoms with E-state index in [0.717, 1.165) is 0 Å². The molecule has 3 aromatic heterocycles. The Morgan fingerprint density at radius 3 is 2.79 bits per heavy atom. The molecule has 3 heterocycles. The van der Waals surface area contributed by atoms with Gasteiger partial charge in [0.2, 0.25) is 0 Å². The number of anilines is 2. The van der Waals surface area contributed by atoms with Crippen LogP contribution in [0.1, 0.15) is 19.4 Å². The van der Waals surface area contributed by atoms with Crippen molar-refractivity contribution in [3.63, 3.8) is 0 Å². The van der Waals surface area contributed by atoms with Crippen molar-refractivity contribution in [3.8, 4) is 22.9 Å². The Bertz CT molecular complexity index is 1250. The van der Waals surface area contributed by atoms with Gasteiger partial charge in [0.05, 0.1) is 25.0 Å². The lowest BCUT2D eigenvalue weighted by Gasteiger charge is -2.10. The Kier molecular flexibility index (Phi) is 6.29. The third-order valence-corrected chi connectivity index (χ3v) is 4.59. The number of halogens is 1. The van der Waals surface area contributed by atoms with E-state index < -0.39 is 6.09 Å². The summed E-state index contributed by atoms with van der Waals surface area (Å²) in [5, 5.41) is 11.0. The number of rotatable bonds is 7. The second-order valence-corrected chi connectivity index (χ2v) is 7.66. The Labute approximate surface area is 188 Å². The molecule has 0 aliphatic rings. The molecule has 0 aliphatic heterocycles. The van der Waals surface area contributed by atoms with Crippen LogP contribution < -0.4 is 11.1 Å². The number of carbonyl (C=O) groups is 1. The maximum Gasteiger partial charge on any atom is 0.411 e. The molecule has 4 rings (SSSR count). The summed E-state index contributed by atoms with van der Waals surface area (Å²) >= 11 is 0. The van der Waals surface area contributed by atoms with E-state index in [9.17, 15) is 9.18 Å². The first kappa shape index (κ1) is 21.9. The lowest BCUT2D eigenvalue weighted by Crippen LogP contribution is -2.18. The zero-order chi connectivity index (χ0) is 23.4. The van der Waals surface area contributed by atoms with Crippen LogP contribution in [0.4, 0.5) is 20.7 Å². The summed E-state index contributed by atoms with van der Waals surface area (Å²) in [5.41, 5.74) is 8.18. The van der Waals surface area contributed by atoms with E-state index in [1.807, 2.05) is 13.8 Å². The lowest BCUT2D eigenvalue weighted by molar-refractivity contribution is 0.147. The average Bonchev–Trinajstić information content (AvgIpc) is 3.45. The standard InChI is InChI=1S/C22H22FN7O3/c1-13(2)12-32-22(31)26-18-10-25-21(27-20(18)24)17-9-19(16-7-8-33-29-16)30(28-17)11-14-5-3-4-6-15(14)23/h3-10,13H,11-12H2,1-2H3,(H,26,31)(H2,24,25,27). The van der Waals surface area contributed by atoms with E-state index in [4.69, 9.17) is 15.0 Å². The van der Waals surface area contributed by atoms with Crippen LogP contribution >= 0.6 is 0 Å². The quantitative estimate of drug-likeness (QED) is 0.431. The molecule has 1 aromatic carbocycles. The Morgan fingerprint density at radius 1 is 1.27 bits per heavy atom. The van der Waals surface area contributed by atoms with Crippen LogP contribution in [0.5, 0.6) is 0 Å². The van der Waals surface area contributed by atoms with Crippen LogP contribution in [-0.4, -0.2) is 37.6 Å². The summed E-state index contributed by atoms with van der Waals surface area (Å²) in [5.74, 6) is 0.129. The van der Waals surface area contributed by atoms with E-state index in [-0.39, 0.29) is 42.2 Å². The van der Waals surface area contributed by atoms with Crippen LogP contribution in [0, 0.1) is 11.7 Å². The van der Waals surface area contributed by atoms with E-state index in [2.05, 4.69) is 25.5 Å². The average molecular weight is 451 g/mol. The van der Waals surface area contributed by atoms with Crippen LogP contribution in [0.25, 0.3) is 22.9 Å². The number of benzene rings is 1. The van der Waals surface area contributed by atoms with Crippen LogP contribution in [0.3, 0.4) is 0 Å². The van der Waals surface area contributed by atoms with E-state index in [1.165, 1.54) is 18.5 Å². The molecule has 1 amide bonds. The molecular formula is C22H22FN7O3. The zero-order valence-electron chi connectivity index (χ0n) is 18.0. The van der Waals surface area contributed by atoms with Gasteiger partial charge in [0.15, 0.2) is 11.6 Å². The van der Waals surface area contributed by atoms with Gasteiger partial charge in [-0.2, -0.15) is 5.10 Å². The van der Waals surface area contributed by atoms with Gasteiger partial charge in [0.1, 0.15) is 29.2 Å². The number of nitrogens with zero attached hydrogens (tertiary/aromatic N) is 5. The minimum Gasteiger partial charge on any atom is -0.449 e. The largest absolute Gasteiger partial charge is 0.449 e. The van der Waals surface area contributed by atoms with Crippen LogP contribution in [-0.2, 0) is 11.3 Å². The van der Waals surface area contributed by atoms with Gasteiger partial charge < -0.3 is 15.0 Å². The molecular weight excluding hydrogens is 429 g/mol. The zero-order valence-corrected chi connectivity index (χ0v) is 18.0. The summed E-state index contributed by atoms with van der Waals surface area (Å²) in [6.07, 6.45) is 2.16. The fourth-order valence-electron chi connectivity index (χ4n) is 2.99. The molecule has 0 bridgehead atoms. The number of nitrogens with one attached hydrogen (secondary N) is 1. The summed E-state index contributed by atoms with van der Waals surface area (Å²) in [4.78, 5) is 20.4. The van der Waals surface area contributed by atoms with Crippen molar-refractivity contribution in [3.05, 3.63) is 60.2 Å². The number of hydrogen-bond acceptors (Lipinski definition) is 8. The highest BCUT2D eigenvalue weighted by Crippen LogP contribution is 2.26. The van der Waals surface area contributed by atoms with Crippen molar-refractivity contribution in [2.75, 3.05) is 17.7 Å². The van der Waals surface area contributed by atoms with Crippen LogP contribution in [0.2, 0.25) is 0 Å². The maximum atomic E-state index is 14.2. The molecule has 11 heteroatoms. The highest BCUT2D eigenvalue weighted by Gasteiger charge is 2.18. The number of amides is 1. The minimum atomic E-state index is -0.644. The smallest absolute Gasteiger partial charge is 0.411 e. The van der Waals surface area contributed by atoms with Gasteiger partial charge in [0.25, 0.3) is 0 Å². The van der Waals surface area contributed by atoms with Gasteiger partial charge >= 0.3 is 6.09 Å². The number of ether oxygens (including phenoxy) is 1. The van der Waals surface area contributed by atoms with Crippen molar-refractivity contribution < 1.29 is 18.4 Å². The Balaban J connectivity index is 1.62. The summed E-state index contributed by atoms with van der Waals surface area (Å²) in [6, 6.07) is 9.81. The second-order valence-electron chi connectivity index (χ2n) is 7.66. The minimum absolute atomic E-state index is 0.0492. The predicted molar refractivity (Wildman–Crippen MR) is 118 cm³/mol. The number of nitrogens with two attached hydrogens (primary N) is 1. The normalized spacial score (nSPS) is 11.0. The molecule has 0 atom stereocenters. The molecule has 170 valence electrons. The summed E-state index contributed by atoms with van der Waals surface area (Å²) < 4.78 is 25.8. The van der Waals surface area contributed by atoms with Crippen molar-refractivity contribution in [2.45, 2.75) is 20.4 Å². The third kappa shape index (κ3) is 5.14. The molecule has 0 fully saturated rings. The SMILES string of the molecule is CC(C)COC(=O)Nc1cnc(-c2cc(-c3ccon3)n(Cc3ccccc3F)n2)nc1N. The van der Waals surface area contributed by atoms with Gasteiger partial charge in [-0.3, -0.25) is 10.00 Å². The molecule has 0 saturated heterocycles. The lowest BCUT2D eigenvalue weighted by atomic mass is 10.2. The molecule has 10 nitrogen and oxygen atoms in total. The molecule has 0 aliphatic carbocycles. The van der Waals surface area contributed by atoms with Gasteiger partial charge in [-0.1, -0.05) is 37.2 Å². The number of nitrogen functional groups attached to an aromatic ring is 1. The first-order valence-corrected chi connectivity index (χ1v) is 10.2. The van der Waals surface area contributed by atoms with Gasteiger partial charge in [-0.25, -0.2) is 19.2 Å². The first-order valence-electron chi connectivity index (χ1n) is 10.2. The van der Waals surface area contributed by atoms with E-state index in [1.54, 1.807) is 35.0 Å². The van der Waals surface area contributed by atoms with Gasteiger partial charge in [-0.15, -0.1) is 0 Å². The third-order valence-electron chi connectivity index (χ3n) is 4.59. The van der Waals surface area contributed by atoms with Gasteiger partial charge in [0, 0.05) is 11.6 Å². The fraction of sp³-hybridized carbons (Fsp3) is 0.227. The molecule has 4 aromatic rings. The molecule has 0 spiro atoms. The van der Waals surface area contributed by atoms with E-state index >= 15 is 0 Å². The van der Waals surface area contributed by atoms with Crippen molar-refractivity contribution in [1.29, 1.82) is 0 Å². The maximum absolute atomic E-state index is 14.2. The van der Waals surface area contributed by atoms with Gasteiger partial charge in [-0.05, 0) is 18.1 Å². The predicted octanol–water partition coefficient (Wildman–Crippen LogP) is 3.97. The first-order chi connectivity index (χ1) is 15.9. The second kappa shape index (κ2) is 9.47. The molecule has 0 unspecified atom stereocenters. The Morgan fingerprint density at radius 2 is 2.09 bits per heavy atom. The number of hydrogen-bond donors (Lipinski definition) is 2. The summed E-state index contributed by atoms with van der Waals surface area (Å²) in [7, 11) is 0. The highest BCUT2D eigenvalue weighted by molar-refractivity contribution is 5.88. The topological polar surface area (TPSA) is 134 Å². The molecule has 0 radical (unpaired) electrons. The molecule has 33 heavy (non-hydrogen) atoms. The van der Waals surface area contributed by atoms with Crippen molar-refractivity contribution >= 4 is 17.6 Å².